The second-order valence-corrected chi connectivity index (χ2v) is 9.69. The number of carboxylic acids is 1. The Balaban J connectivity index is 0.000000532. The fourth-order valence-corrected chi connectivity index (χ4v) is 4.81. The van der Waals surface area contributed by atoms with E-state index in [9.17, 15) is 22.8 Å². The van der Waals surface area contributed by atoms with Crippen molar-refractivity contribution < 1.29 is 37.4 Å². The number of nitrogens with two attached hydrogens (primary N) is 1. The molecule has 39 heavy (non-hydrogen) atoms. The van der Waals surface area contributed by atoms with E-state index >= 15 is 0 Å². The molecule has 4 N–H and O–H groups in total. The van der Waals surface area contributed by atoms with Gasteiger partial charge in [0.1, 0.15) is 5.69 Å². The average molecular weight is 573 g/mol. The van der Waals surface area contributed by atoms with Gasteiger partial charge >= 0.3 is 12.1 Å². The van der Waals surface area contributed by atoms with Crippen LogP contribution in [-0.2, 0) is 26.9 Å². The van der Waals surface area contributed by atoms with Crippen molar-refractivity contribution >= 4 is 41.0 Å². The highest BCUT2D eigenvalue weighted by Gasteiger charge is 2.42. The number of guanidine groups is 1. The van der Waals surface area contributed by atoms with E-state index in [-0.39, 0.29) is 36.3 Å². The van der Waals surface area contributed by atoms with Gasteiger partial charge in [-0.3, -0.25) is 19.2 Å². The number of benzene rings is 1. The number of carboxylic acid groups (broad SMARTS) is 1. The highest BCUT2D eigenvalue weighted by atomic mass is 35.5. The van der Waals surface area contributed by atoms with Crippen LogP contribution < -0.4 is 11.1 Å². The van der Waals surface area contributed by atoms with E-state index in [0.717, 1.165) is 12.8 Å². The first kappa shape index (κ1) is 29.9. The summed E-state index contributed by atoms with van der Waals surface area (Å²) in [5, 5.41) is 14.3. The molecule has 2 aliphatic rings. The molecule has 0 saturated carbocycles. The lowest BCUT2D eigenvalue weighted by Crippen LogP contribution is -2.56. The number of rotatable bonds is 4. The Labute approximate surface area is 226 Å². The summed E-state index contributed by atoms with van der Waals surface area (Å²) in [4.78, 5) is 41.0. The molecule has 11 nitrogen and oxygen atoms in total. The van der Waals surface area contributed by atoms with Crippen molar-refractivity contribution in [2.24, 2.45) is 17.8 Å². The number of alkyl halides is 3. The quantitative estimate of drug-likeness (QED) is 0.508. The number of aryl methyl sites for hydroxylation is 1. The predicted molar refractivity (Wildman–Crippen MR) is 135 cm³/mol. The van der Waals surface area contributed by atoms with Gasteiger partial charge in [0.25, 0.3) is 5.91 Å². The highest BCUT2D eigenvalue weighted by molar-refractivity contribution is 6.35. The summed E-state index contributed by atoms with van der Waals surface area (Å²) in [6.07, 6.45) is -1.91. The number of nitrogens with one attached hydrogen (secondary N) is 1. The van der Waals surface area contributed by atoms with Gasteiger partial charge in [-0.15, -0.1) is 0 Å². The fourth-order valence-electron chi connectivity index (χ4n) is 4.44. The molecule has 1 saturated heterocycles. The lowest BCUT2D eigenvalue weighted by Gasteiger charge is -2.41. The van der Waals surface area contributed by atoms with Crippen LogP contribution in [0, 0.1) is 0 Å². The van der Waals surface area contributed by atoms with Crippen LogP contribution in [0.2, 0.25) is 5.02 Å². The third-order valence-corrected chi connectivity index (χ3v) is 6.73. The number of aliphatic carboxylic acids is 1. The number of nitrogens with zero attached hydrogens (tertiary/aromatic N) is 4. The molecule has 3 atom stereocenters. The van der Waals surface area contributed by atoms with Gasteiger partial charge in [-0.1, -0.05) is 23.7 Å². The van der Waals surface area contributed by atoms with E-state index in [4.69, 9.17) is 37.0 Å². The number of halogens is 4. The molecule has 2 aliphatic heterocycles. The van der Waals surface area contributed by atoms with Crippen LogP contribution in [-0.4, -0.2) is 68.5 Å². The third kappa shape index (κ3) is 6.87. The first-order valence-corrected chi connectivity index (χ1v) is 12.2. The van der Waals surface area contributed by atoms with E-state index < -0.39 is 17.7 Å². The summed E-state index contributed by atoms with van der Waals surface area (Å²) in [6, 6.07) is 6.87. The Morgan fingerprint density at radius 2 is 1.97 bits per heavy atom. The third-order valence-electron chi connectivity index (χ3n) is 6.32. The van der Waals surface area contributed by atoms with E-state index in [1.165, 1.54) is 4.68 Å². The molecule has 15 heteroatoms. The van der Waals surface area contributed by atoms with Gasteiger partial charge in [0, 0.05) is 31.5 Å². The Kier molecular flexibility index (Phi) is 8.91. The maximum absolute atomic E-state index is 13.2. The number of aromatic nitrogens is 2. The normalized spacial score (nSPS) is 23.4. The van der Waals surface area contributed by atoms with Crippen molar-refractivity contribution in [3.8, 4) is 0 Å². The second-order valence-electron chi connectivity index (χ2n) is 9.31. The zero-order valence-corrected chi connectivity index (χ0v) is 22.1. The molecule has 0 radical (unpaired) electrons. The van der Waals surface area contributed by atoms with E-state index in [1.807, 2.05) is 13.8 Å². The van der Waals surface area contributed by atoms with Gasteiger partial charge in [0.2, 0.25) is 5.91 Å². The van der Waals surface area contributed by atoms with E-state index in [1.54, 1.807) is 42.4 Å². The monoisotopic (exact) mass is 572 g/mol. The first-order chi connectivity index (χ1) is 18.1. The highest BCUT2D eigenvalue weighted by Crippen LogP contribution is 2.41. The minimum atomic E-state index is -5.08. The lowest BCUT2D eigenvalue weighted by atomic mass is 9.86. The molecule has 0 spiro atoms. The zero-order valence-electron chi connectivity index (χ0n) is 21.3. The van der Waals surface area contributed by atoms with Gasteiger partial charge in [-0.2, -0.15) is 18.3 Å². The summed E-state index contributed by atoms with van der Waals surface area (Å²) in [6.45, 7) is 4.41. The van der Waals surface area contributed by atoms with E-state index in [2.05, 4.69) is 10.4 Å². The van der Waals surface area contributed by atoms with Crippen LogP contribution in [0.1, 0.15) is 49.2 Å². The Hall–Kier alpha value is -3.65. The largest absolute Gasteiger partial charge is 0.490 e. The van der Waals surface area contributed by atoms with Crippen molar-refractivity contribution in [2.75, 3.05) is 11.9 Å². The average Bonchev–Trinajstić information content (AvgIpc) is 3.25. The van der Waals surface area contributed by atoms with Crippen LogP contribution in [0.5, 0.6) is 0 Å². The fraction of sp³-hybridized carbons (Fsp3) is 0.458. The van der Waals surface area contributed by atoms with Gasteiger partial charge < -0.3 is 20.9 Å². The zero-order chi connectivity index (χ0) is 29.1. The van der Waals surface area contributed by atoms with Gasteiger partial charge in [0.15, 0.2) is 5.96 Å². The van der Waals surface area contributed by atoms with Crippen molar-refractivity contribution in [3.05, 3.63) is 46.7 Å². The maximum Gasteiger partial charge on any atom is 0.490 e. The molecule has 0 aliphatic carbocycles. The van der Waals surface area contributed by atoms with Crippen LogP contribution in [0.3, 0.4) is 0 Å². The van der Waals surface area contributed by atoms with Crippen LogP contribution in [0.25, 0.3) is 0 Å². The molecule has 2 aromatic rings. The lowest BCUT2D eigenvalue weighted by molar-refractivity contribution is -0.192. The van der Waals surface area contributed by atoms with Crippen LogP contribution >= 0.6 is 11.6 Å². The number of hydrogen-bond acceptors (Lipinski definition) is 7. The van der Waals surface area contributed by atoms with E-state index in [0.29, 0.717) is 28.6 Å². The van der Waals surface area contributed by atoms with Gasteiger partial charge in [0.05, 0.1) is 28.8 Å². The van der Waals surface area contributed by atoms with Gasteiger partial charge in [-0.25, -0.2) is 9.79 Å². The standard InChI is InChI=1S/C22H27ClN6O3.C2HF3O2/c1-13-11-14(8-10-32-13)29-18(30)12-22(2,27-21(29)24)15-5-4-6-16(19(15)23)26-20(31)17-7-9-25-28(17)3;3-2(4,5)1(6)7/h4-7,9,13-14H,8,10-12H2,1-3H3,(H2,24,27)(H,26,31);(H,6,7)/t13-,14-,22+;/m1./s1. The molecule has 212 valence electrons. The summed E-state index contributed by atoms with van der Waals surface area (Å²) in [7, 11) is 1.68. The maximum atomic E-state index is 13.2. The Morgan fingerprint density at radius 3 is 2.51 bits per heavy atom. The van der Waals surface area contributed by atoms with Crippen molar-refractivity contribution in [1.82, 2.24) is 14.7 Å². The number of carbonyl (C=O) groups excluding carboxylic acids is 2. The van der Waals surface area contributed by atoms with Crippen LogP contribution in [0.15, 0.2) is 35.5 Å². The SMILES string of the molecule is C[C@@H]1C[C@H](N2C(=O)C[C@@](C)(c3cccc(NC(=O)c4ccnn4C)c3Cl)N=C2N)CCO1.O=C(O)C(F)(F)F. The molecular formula is C24H28ClF3N6O5. The Bertz CT molecular complexity index is 1280. The van der Waals surface area contributed by atoms with Crippen molar-refractivity contribution in [1.29, 1.82) is 0 Å². The predicted octanol–water partition coefficient (Wildman–Crippen LogP) is 3.29. The molecule has 3 heterocycles. The van der Waals surface area contributed by atoms with Crippen LogP contribution in [0.4, 0.5) is 18.9 Å². The molecule has 0 bridgehead atoms. The first-order valence-electron chi connectivity index (χ1n) is 11.8. The molecule has 0 unspecified atom stereocenters. The minimum Gasteiger partial charge on any atom is -0.475 e. The summed E-state index contributed by atoms with van der Waals surface area (Å²) < 4.78 is 38.8. The summed E-state index contributed by atoms with van der Waals surface area (Å²) >= 11 is 6.69. The minimum absolute atomic E-state index is 0.0282. The molecule has 4 rings (SSSR count). The van der Waals surface area contributed by atoms with Gasteiger partial charge in [-0.05, 0) is 38.8 Å². The second kappa shape index (κ2) is 11.6. The Morgan fingerprint density at radius 1 is 1.31 bits per heavy atom. The molecule has 1 aromatic heterocycles. The van der Waals surface area contributed by atoms with Crippen molar-refractivity contribution in [3.63, 3.8) is 0 Å². The number of ether oxygens (including phenoxy) is 1. The molecule has 1 fully saturated rings. The summed E-state index contributed by atoms with van der Waals surface area (Å²) in [5.74, 6) is -3.01. The number of carbonyl (C=O) groups is 3. The summed E-state index contributed by atoms with van der Waals surface area (Å²) in [5.41, 5.74) is 6.80. The number of anilines is 1. The molecule has 1 aromatic carbocycles. The molecular weight excluding hydrogens is 545 g/mol. The number of amides is 2. The van der Waals surface area contributed by atoms with Crippen molar-refractivity contribution in [2.45, 2.75) is 57.0 Å². The molecule has 2 amide bonds. The number of hydrogen-bond donors (Lipinski definition) is 3. The number of aliphatic imine (C=N–C) groups is 1. The topological polar surface area (TPSA) is 152 Å². The smallest absolute Gasteiger partial charge is 0.475 e.